The highest BCUT2D eigenvalue weighted by molar-refractivity contribution is 5.92. The molecule has 0 radical (unpaired) electrons. The SMILES string of the molecule is Cc1ccc([C@@H](O)CNC(=O)c2cc(C(C)C)n(C(C)(C)C)n2)cc1. The largest absolute Gasteiger partial charge is 0.387 e. The third kappa shape index (κ3) is 4.69. The lowest BCUT2D eigenvalue weighted by Gasteiger charge is -2.23. The Labute approximate surface area is 150 Å². The van der Waals surface area contributed by atoms with Gasteiger partial charge < -0.3 is 10.4 Å². The van der Waals surface area contributed by atoms with Crippen molar-refractivity contribution in [2.75, 3.05) is 6.54 Å². The minimum absolute atomic E-state index is 0.154. The molecule has 5 nitrogen and oxygen atoms in total. The summed E-state index contributed by atoms with van der Waals surface area (Å²) in [6.07, 6.45) is -0.737. The van der Waals surface area contributed by atoms with Crippen molar-refractivity contribution in [3.63, 3.8) is 0 Å². The van der Waals surface area contributed by atoms with Gasteiger partial charge in [0.15, 0.2) is 0 Å². The molecule has 0 saturated carbocycles. The van der Waals surface area contributed by atoms with Crippen LogP contribution < -0.4 is 5.32 Å². The molecule has 0 spiro atoms. The molecular formula is C20H29N3O2. The molecule has 2 aromatic rings. The van der Waals surface area contributed by atoms with Crippen molar-refractivity contribution in [1.82, 2.24) is 15.1 Å². The fourth-order valence-electron chi connectivity index (χ4n) is 2.64. The van der Waals surface area contributed by atoms with Gasteiger partial charge in [-0.1, -0.05) is 43.7 Å². The number of hydrogen-bond acceptors (Lipinski definition) is 3. The van der Waals surface area contributed by atoms with Crippen molar-refractivity contribution in [3.8, 4) is 0 Å². The number of aryl methyl sites for hydroxylation is 1. The first-order chi connectivity index (χ1) is 11.6. The zero-order valence-corrected chi connectivity index (χ0v) is 16.0. The zero-order chi connectivity index (χ0) is 18.8. The van der Waals surface area contributed by atoms with Gasteiger partial charge in [0.25, 0.3) is 5.91 Å². The number of hydrogen-bond donors (Lipinski definition) is 2. The maximum atomic E-state index is 12.5. The standard InChI is InChI=1S/C20H29N3O2/c1-13(2)17-11-16(22-23(17)20(4,5)6)19(25)21-12-18(24)15-9-7-14(3)8-10-15/h7-11,13,18,24H,12H2,1-6H3,(H,21,25)/t18-/m0/s1. The average molecular weight is 343 g/mol. The summed E-state index contributed by atoms with van der Waals surface area (Å²) in [4.78, 5) is 12.5. The third-order valence-electron chi connectivity index (χ3n) is 4.11. The Hall–Kier alpha value is -2.14. The summed E-state index contributed by atoms with van der Waals surface area (Å²) in [5.41, 5.74) is 3.13. The van der Waals surface area contributed by atoms with E-state index in [1.54, 1.807) is 0 Å². The average Bonchev–Trinajstić information content (AvgIpc) is 2.99. The molecule has 0 bridgehead atoms. The number of nitrogens with one attached hydrogen (secondary N) is 1. The fourth-order valence-corrected chi connectivity index (χ4v) is 2.64. The van der Waals surface area contributed by atoms with Gasteiger partial charge in [-0.25, -0.2) is 0 Å². The molecule has 1 heterocycles. The van der Waals surface area contributed by atoms with Gasteiger partial charge in [0.1, 0.15) is 5.69 Å². The molecule has 5 heteroatoms. The summed E-state index contributed by atoms with van der Waals surface area (Å²) < 4.78 is 1.91. The normalized spacial score (nSPS) is 13.1. The number of aromatic nitrogens is 2. The first-order valence-electron chi connectivity index (χ1n) is 8.73. The molecule has 25 heavy (non-hydrogen) atoms. The lowest BCUT2D eigenvalue weighted by atomic mass is 10.1. The van der Waals surface area contributed by atoms with Crippen LogP contribution in [0.1, 0.15) is 73.9 Å². The molecule has 0 saturated heterocycles. The predicted molar refractivity (Wildman–Crippen MR) is 99.8 cm³/mol. The number of carbonyl (C=O) groups excluding carboxylic acids is 1. The molecule has 2 N–H and O–H groups in total. The first kappa shape index (κ1) is 19.2. The lowest BCUT2D eigenvalue weighted by Crippen LogP contribution is -2.30. The molecule has 1 amide bonds. The fraction of sp³-hybridized carbons (Fsp3) is 0.500. The van der Waals surface area contributed by atoms with Gasteiger partial charge >= 0.3 is 0 Å². The van der Waals surface area contributed by atoms with E-state index in [1.165, 1.54) is 0 Å². The maximum absolute atomic E-state index is 12.5. The molecule has 1 aromatic heterocycles. The molecule has 1 aromatic carbocycles. The van der Waals surface area contributed by atoms with Gasteiger partial charge in [-0.15, -0.1) is 0 Å². The number of nitrogens with zero attached hydrogens (tertiary/aromatic N) is 2. The summed E-state index contributed by atoms with van der Waals surface area (Å²) in [5.74, 6) is 0.00230. The van der Waals surface area contributed by atoms with Gasteiger partial charge in [0.05, 0.1) is 11.6 Å². The molecule has 0 aliphatic heterocycles. The smallest absolute Gasteiger partial charge is 0.271 e. The van der Waals surface area contributed by atoms with E-state index in [0.29, 0.717) is 5.69 Å². The number of amides is 1. The van der Waals surface area contributed by atoms with E-state index in [0.717, 1.165) is 16.8 Å². The predicted octanol–water partition coefficient (Wildman–Crippen LogP) is 3.53. The van der Waals surface area contributed by atoms with Gasteiger partial charge in [-0.2, -0.15) is 5.10 Å². The monoisotopic (exact) mass is 343 g/mol. The Morgan fingerprint density at radius 1 is 1.24 bits per heavy atom. The maximum Gasteiger partial charge on any atom is 0.271 e. The van der Waals surface area contributed by atoms with Crippen molar-refractivity contribution < 1.29 is 9.90 Å². The van der Waals surface area contributed by atoms with Crippen LogP contribution in [0.25, 0.3) is 0 Å². The summed E-state index contributed by atoms with van der Waals surface area (Å²) in [7, 11) is 0. The van der Waals surface area contributed by atoms with Crippen molar-refractivity contribution >= 4 is 5.91 Å². The second-order valence-electron chi connectivity index (χ2n) is 7.83. The van der Waals surface area contributed by atoms with Gasteiger partial charge in [-0.3, -0.25) is 9.48 Å². The Bertz CT molecular complexity index is 724. The number of aliphatic hydroxyl groups is 1. The summed E-state index contributed by atoms with van der Waals surface area (Å²) in [6, 6.07) is 9.47. The minimum Gasteiger partial charge on any atom is -0.387 e. The summed E-state index contributed by atoms with van der Waals surface area (Å²) >= 11 is 0. The van der Waals surface area contributed by atoms with Gasteiger partial charge in [0.2, 0.25) is 0 Å². The molecule has 2 rings (SSSR count). The van der Waals surface area contributed by atoms with Crippen LogP contribution >= 0.6 is 0 Å². The molecule has 0 unspecified atom stereocenters. The third-order valence-corrected chi connectivity index (χ3v) is 4.11. The van der Waals surface area contributed by atoms with E-state index in [4.69, 9.17) is 0 Å². The first-order valence-corrected chi connectivity index (χ1v) is 8.73. The van der Waals surface area contributed by atoms with Gasteiger partial charge in [0, 0.05) is 12.2 Å². The van der Waals surface area contributed by atoms with Crippen LogP contribution in [0.2, 0.25) is 0 Å². The van der Waals surface area contributed by atoms with Crippen LogP contribution in [-0.4, -0.2) is 27.3 Å². The van der Waals surface area contributed by atoms with E-state index < -0.39 is 6.10 Å². The molecular weight excluding hydrogens is 314 g/mol. The van der Waals surface area contributed by atoms with Crippen molar-refractivity contribution in [1.29, 1.82) is 0 Å². The Morgan fingerprint density at radius 2 is 1.84 bits per heavy atom. The van der Waals surface area contributed by atoms with E-state index in [1.807, 2.05) is 41.9 Å². The highest BCUT2D eigenvalue weighted by Crippen LogP contribution is 2.23. The lowest BCUT2D eigenvalue weighted by molar-refractivity contribution is 0.0909. The van der Waals surface area contributed by atoms with Crippen LogP contribution in [-0.2, 0) is 5.54 Å². The number of aliphatic hydroxyl groups excluding tert-OH is 1. The molecule has 0 aliphatic carbocycles. The highest BCUT2D eigenvalue weighted by atomic mass is 16.3. The molecule has 0 fully saturated rings. The Morgan fingerprint density at radius 3 is 2.32 bits per heavy atom. The molecule has 0 aliphatic rings. The van der Waals surface area contributed by atoms with E-state index in [-0.39, 0.29) is 23.9 Å². The Balaban J connectivity index is 2.09. The van der Waals surface area contributed by atoms with E-state index in [2.05, 4.69) is 45.0 Å². The van der Waals surface area contributed by atoms with Crippen LogP contribution in [0, 0.1) is 6.92 Å². The van der Waals surface area contributed by atoms with Gasteiger partial charge in [-0.05, 0) is 45.2 Å². The highest BCUT2D eigenvalue weighted by Gasteiger charge is 2.23. The van der Waals surface area contributed by atoms with Crippen molar-refractivity contribution in [2.45, 2.75) is 59.1 Å². The minimum atomic E-state index is -0.737. The second-order valence-corrected chi connectivity index (χ2v) is 7.83. The summed E-state index contributed by atoms with van der Waals surface area (Å²) in [5, 5.41) is 17.5. The summed E-state index contributed by atoms with van der Waals surface area (Å²) in [6.45, 7) is 12.5. The van der Waals surface area contributed by atoms with Crippen LogP contribution in [0.5, 0.6) is 0 Å². The number of carbonyl (C=O) groups is 1. The quantitative estimate of drug-likeness (QED) is 0.873. The van der Waals surface area contributed by atoms with Crippen molar-refractivity contribution in [2.24, 2.45) is 0 Å². The van der Waals surface area contributed by atoms with E-state index >= 15 is 0 Å². The molecule has 1 atom stereocenters. The second kappa shape index (κ2) is 7.40. The number of rotatable bonds is 5. The van der Waals surface area contributed by atoms with Crippen LogP contribution in [0.3, 0.4) is 0 Å². The topological polar surface area (TPSA) is 67.2 Å². The van der Waals surface area contributed by atoms with Crippen LogP contribution in [0.4, 0.5) is 0 Å². The zero-order valence-electron chi connectivity index (χ0n) is 16.0. The number of benzene rings is 1. The molecule has 136 valence electrons. The Kier molecular flexibility index (Phi) is 5.68. The van der Waals surface area contributed by atoms with Crippen LogP contribution in [0.15, 0.2) is 30.3 Å². The van der Waals surface area contributed by atoms with Crippen molar-refractivity contribution in [3.05, 3.63) is 52.8 Å². The van der Waals surface area contributed by atoms with E-state index in [9.17, 15) is 9.90 Å².